The van der Waals surface area contributed by atoms with E-state index in [0.29, 0.717) is 11.1 Å². The summed E-state index contributed by atoms with van der Waals surface area (Å²) in [6.45, 7) is 5.27. The van der Waals surface area contributed by atoms with Crippen molar-refractivity contribution in [2.24, 2.45) is 10.4 Å². The number of hydrogen-bond donors (Lipinski definition) is 1. The van der Waals surface area contributed by atoms with Gasteiger partial charge in [-0.05, 0) is 30.4 Å². The number of aliphatic imine (C=N–C) groups is 1. The molecule has 0 aromatic heterocycles. The minimum atomic E-state index is -0.233. The van der Waals surface area contributed by atoms with Crippen LogP contribution in [0.5, 0.6) is 0 Å². The van der Waals surface area contributed by atoms with E-state index in [1.165, 1.54) is 6.07 Å². The molecular formula is C14H19FN2S. The lowest BCUT2D eigenvalue weighted by Gasteiger charge is -2.33. The Morgan fingerprint density at radius 3 is 2.61 bits per heavy atom. The summed E-state index contributed by atoms with van der Waals surface area (Å²) in [5.41, 5.74) is 0.828. The van der Waals surface area contributed by atoms with E-state index >= 15 is 0 Å². The summed E-state index contributed by atoms with van der Waals surface area (Å²) < 4.78 is 13.5. The molecule has 0 amide bonds. The number of halogens is 1. The van der Waals surface area contributed by atoms with E-state index in [1.807, 2.05) is 6.07 Å². The van der Waals surface area contributed by atoms with Crippen molar-refractivity contribution in [3.63, 3.8) is 0 Å². The first-order valence-electron chi connectivity index (χ1n) is 6.38. The van der Waals surface area contributed by atoms with Crippen molar-refractivity contribution in [1.82, 2.24) is 0 Å². The Balaban J connectivity index is 2.05. The van der Waals surface area contributed by atoms with Crippen LogP contribution in [0.4, 0.5) is 10.1 Å². The fraction of sp³-hybridized carbons (Fsp3) is 0.500. The third kappa shape index (κ3) is 2.86. The molecule has 4 heteroatoms. The monoisotopic (exact) mass is 266 g/mol. The van der Waals surface area contributed by atoms with Crippen LogP contribution in [-0.2, 0) is 0 Å². The highest BCUT2D eigenvalue weighted by atomic mass is 32.2. The standard InChI is InChI=1S/C14H19FN2S/c1-3-14(4-2)9-16-13(18-10-14)17-12-8-6-5-7-11(12)15/h5-8H,3-4,9-10H2,1-2H3,(H,16,17). The Labute approximate surface area is 112 Å². The van der Waals surface area contributed by atoms with Gasteiger partial charge in [-0.2, -0.15) is 0 Å². The summed E-state index contributed by atoms with van der Waals surface area (Å²) in [6.07, 6.45) is 2.29. The van der Waals surface area contributed by atoms with Crippen molar-refractivity contribution in [3.8, 4) is 0 Å². The van der Waals surface area contributed by atoms with Gasteiger partial charge in [0.15, 0.2) is 5.17 Å². The second-order valence-corrected chi connectivity index (χ2v) is 5.69. The zero-order chi connectivity index (χ0) is 13.0. The van der Waals surface area contributed by atoms with Gasteiger partial charge in [-0.15, -0.1) is 0 Å². The van der Waals surface area contributed by atoms with Gasteiger partial charge in [0.1, 0.15) is 5.82 Å². The first-order valence-corrected chi connectivity index (χ1v) is 7.36. The summed E-state index contributed by atoms with van der Waals surface area (Å²) >= 11 is 1.70. The minimum Gasteiger partial charge on any atom is -0.333 e. The highest BCUT2D eigenvalue weighted by Crippen LogP contribution is 2.35. The molecule has 0 bridgehead atoms. The molecule has 1 heterocycles. The van der Waals surface area contributed by atoms with Crippen molar-refractivity contribution >= 4 is 22.6 Å². The molecule has 1 aliphatic rings. The van der Waals surface area contributed by atoms with Gasteiger partial charge >= 0.3 is 0 Å². The summed E-state index contributed by atoms with van der Waals surface area (Å²) in [6, 6.07) is 6.70. The fourth-order valence-electron chi connectivity index (χ4n) is 1.98. The molecule has 1 aromatic carbocycles. The van der Waals surface area contributed by atoms with Gasteiger partial charge in [0.05, 0.1) is 5.69 Å². The van der Waals surface area contributed by atoms with E-state index in [0.717, 1.165) is 30.3 Å². The van der Waals surface area contributed by atoms with Crippen LogP contribution >= 0.6 is 11.8 Å². The second kappa shape index (κ2) is 5.74. The van der Waals surface area contributed by atoms with Gasteiger partial charge < -0.3 is 5.32 Å². The van der Waals surface area contributed by atoms with E-state index in [2.05, 4.69) is 24.2 Å². The fourth-order valence-corrected chi connectivity index (χ4v) is 3.26. The number of para-hydroxylation sites is 1. The Bertz CT molecular complexity index is 441. The maximum absolute atomic E-state index is 13.5. The van der Waals surface area contributed by atoms with E-state index in [4.69, 9.17) is 0 Å². The zero-order valence-corrected chi connectivity index (χ0v) is 11.7. The topological polar surface area (TPSA) is 24.4 Å². The van der Waals surface area contributed by atoms with E-state index < -0.39 is 0 Å². The van der Waals surface area contributed by atoms with Gasteiger partial charge in [-0.3, -0.25) is 4.99 Å². The number of hydrogen-bond acceptors (Lipinski definition) is 3. The molecule has 98 valence electrons. The van der Waals surface area contributed by atoms with Crippen molar-refractivity contribution in [2.75, 3.05) is 17.6 Å². The molecule has 2 nitrogen and oxygen atoms in total. The molecule has 1 N–H and O–H groups in total. The smallest absolute Gasteiger partial charge is 0.161 e. The van der Waals surface area contributed by atoms with Crippen molar-refractivity contribution in [2.45, 2.75) is 26.7 Å². The van der Waals surface area contributed by atoms with Crippen LogP contribution < -0.4 is 5.32 Å². The van der Waals surface area contributed by atoms with Gasteiger partial charge in [0.2, 0.25) is 0 Å². The lowest BCUT2D eigenvalue weighted by Crippen LogP contribution is -2.32. The molecule has 2 rings (SSSR count). The summed E-state index contributed by atoms with van der Waals surface area (Å²) in [5, 5.41) is 3.90. The SMILES string of the molecule is CCC1(CC)CN=C(Nc2ccccc2F)SC1. The molecule has 1 aromatic rings. The van der Waals surface area contributed by atoms with Crippen molar-refractivity contribution in [3.05, 3.63) is 30.1 Å². The third-order valence-corrected chi connectivity index (χ3v) is 4.95. The predicted molar refractivity (Wildman–Crippen MR) is 77.8 cm³/mol. The molecule has 0 unspecified atom stereocenters. The average molecular weight is 266 g/mol. The van der Waals surface area contributed by atoms with E-state index in [-0.39, 0.29) is 5.82 Å². The van der Waals surface area contributed by atoms with Crippen LogP contribution in [0, 0.1) is 11.2 Å². The molecule has 0 saturated carbocycles. The van der Waals surface area contributed by atoms with Crippen molar-refractivity contribution < 1.29 is 4.39 Å². The number of nitrogens with zero attached hydrogens (tertiary/aromatic N) is 1. The average Bonchev–Trinajstić information content (AvgIpc) is 2.43. The largest absolute Gasteiger partial charge is 0.333 e. The second-order valence-electron chi connectivity index (χ2n) is 4.72. The molecule has 0 atom stereocenters. The number of nitrogens with one attached hydrogen (secondary N) is 1. The van der Waals surface area contributed by atoms with Crippen LogP contribution in [0.1, 0.15) is 26.7 Å². The van der Waals surface area contributed by atoms with Gasteiger partial charge in [0.25, 0.3) is 0 Å². The summed E-state index contributed by atoms with van der Waals surface area (Å²) in [7, 11) is 0. The maximum Gasteiger partial charge on any atom is 0.161 e. The number of anilines is 1. The summed E-state index contributed by atoms with van der Waals surface area (Å²) in [5.74, 6) is 0.823. The molecule has 0 radical (unpaired) electrons. The van der Waals surface area contributed by atoms with E-state index in [1.54, 1.807) is 23.9 Å². The number of amidine groups is 1. The first kappa shape index (κ1) is 13.4. The van der Waals surface area contributed by atoms with Gasteiger partial charge in [0, 0.05) is 12.3 Å². The third-order valence-electron chi connectivity index (χ3n) is 3.69. The summed E-state index contributed by atoms with van der Waals surface area (Å²) in [4.78, 5) is 4.56. The van der Waals surface area contributed by atoms with Gasteiger partial charge in [-0.1, -0.05) is 37.7 Å². The Hall–Kier alpha value is -1.03. The lowest BCUT2D eigenvalue weighted by molar-refractivity contribution is 0.318. The number of rotatable bonds is 3. The molecular weight excluding hydrogens is 247 g/mol. The van der Waals surface area contributed by atoms with Crippen molar-refractivity contribution in [1.29, 1.82) is 0 Å². The first-order chi connectivity index (χ1) is 8.69. The zero-order valence-electron chi connectivity index (χ0n) is 10.9. The lowest BCUT2D eigenvalue weighted by atomic mass is 9.84. The Morgan fingerprint density at radius 1 is 1.33 bits per heavy atom. The molecule has 18 heavy (non-hydrogen) atoms. The molecule has 0 aliphatic carbocycles. The number of thioether (sulfide) groups is 1. The molecule has 0 fully saturated rings. The van der Waals surface area contributed by atoms with Crippen LogP contribution in [0.2, 0.25) is 0 Å². The highest BCUT2D eigenvalue weighted by Gasteiger charge is 2.30. The van der Waals surface area contributed by atoms with E-state index in [9.17, 15) is 4.39 Å². The molecule has 1 aliphatic heterocycles. The van der Waals surface area contributed by atoms with Crippen LogP contribution in [0.3, 0.4) is 0 Å². The minimum absolute atomic E-state index is 0.233. The van der Waals surface area contributed by atoms with Crippen LogP contribution in [-0.4, -0.2) is 17.5 Å². The highest BCUT2D eigenvalue weighted by molar-refractivity contribution is 8.14. The molecule has 0 spiro atoms. The Morgan fingerprint density at radius 2 is 2.06 bits per heavy atom. The maximum atomic E-state index is 13.5. The molecule has 0 saturated heterocycles. The quantitative estimate of drug-likeness (QED) is 0.889. The predicted octanol–water partition coefficient (Wildman–Crippen LogP) is 4.15. The van der Waals surface area contributed by atoms with Crippen LogP contribution in [0.25, 0.3) is 0 Å². The van der Waals surface area contributed by atoms with Gasteiger partial charge in [-0.25, -0.2) is 4.39 Å². The number of benzene rings is 1. The Kier molecular flexibility index (Phi) is 4.27. The van der Waals surface area contributed by atoms with Crippen LogP contribution in [0.15, 0.2) is 29.3 Å². The normalized spacial score (nSPS) is 18.3.